The minimum absolute atomic E-state index is 0.0577. The van der Waals surface area contributed by atoms with E-state index in [1.54, 1.807) is 18.2 Å². The van der Waals surface area contributed by atoms with Crippen LogP contribution in [0.3, 0.4) is 0 Å². The number of amides is 1. The first-order valence-corrected chi connectivity index (χ1v) is 6.52. The fraction of sp³-hybridized carbons (Fsp3) is 0.417. The van der Waals surface area contributed by atoms with Gasteiger partial charge in [-0.05, 0) is 37.1 Å². The van der Waals surface area contributed by atoms with Crippen molar-refractivity contribution < 1.29 is 4.79 Å². The first-order chi connectivity index (χ1) is 7.54. The van der Waals surface area contributed by atoms with Gasteiger partial charge in [-0.1, -0.05) is 34.5 Å². The molecule has 2 nitrogen and oxygen atoms in total. The highest BCUT2D eigenvalue weighted by Crippen LogP contribution is 2.16. The largest absolute Gasteiger partial charge is 0.351 e. The van der Waals surface area contributed by atoms with Gasteiger partial charge < -0.3 is 5.32 Å². The molecule has 0 aliphatic heterocycles. The normalized spacial score (nSPS) is 12.2. The summed E-state index contributed by atoms with van der Waals surface area (Å²) in [4.78, 5) is 12.1. The van der Waals surface area contributed by atoms with Crippen molar-refractivity contribution in [2.75, 3.05) is 6.54 Å². The molecule has 0 saturated carbocycles. The molecule has 1 amide bonds. The molecule has 0 aliphatic rings. The van der Waals surface area contributed by atoms with Crippen LogP contribution < -0.4 is 5.32 Å². The van der Waals surface area contributed by atoms with E-state index in [-0.39, 0.29) is 5.91 Å². The Kier molecular flexibility index (Phi) is 5.29. The molecular formula is C12H15BrClNO. The Balaban J connectivity index is 2.63. The van der Waals surface area contributed by atoms with Gasteiger partial charge in [0.2, 0.25) is 0 Å². The van der Waals surface area contributed by atoms with Gasteiger partial charge in [0.25, 0.3) is 5.91 Å². The van der Waals surface area contributed by atoms with Crippen molar-refractivity contribution in [3.8, 4) is 0 Å². The molecule has 1 rings (SSSR count). The molecule has 1 aromatic carbocycles. The summed E-state index contributed by atoms with van der Waals surface area (Å²) in [6.45, 7) is 4.59. The Morgan fingerprint density at radius 1 is 1.56 bits per heavy atom. The third-order valence-corrected chi connectivity index (χ3v) is 3.74. The van der Waals surface area contributed by atoms with Crippen LogP contribution in [0.15, 0.2) is 18.2 Å². The number of hydrogen-bond donors (Lipinski definition) is 1. The van der Waals surface area contributed by atoms with Gasteiger partial charge in [0.15, 0.2) is 0 Å². The summed E-state index contributed by atoms with van der Waals surface area (Å²) >= 11 is 9.36. The Morgan fingerprint density at radius 3 is 2.81 bits per heavy atom. The molecule has 4 heteroatoms. The molecule has 0 spiro atoms. The number of halogens is 2. The molecule has 88 valence electrons. The van der Waals surface area contributed by atoms with Crippen LogP contribution in [0.25, 0.3) is 0 Å². The van der Waals surface area contributed by atoms with Crippen molar-refractivity contribution in [1.29, 1.82) is 0 Å². The van der Waals surface area contributed by atoms with Crippen LogP contribution in [-0.2, 0) is 0 Å². The molecule has 0 fully saturated rings. The Morgan fingerprint density at radius 2 is 2.25 bits per heavy atom. The van der Waals surface area contributed by atoms with Crippen molar-refractivity contribution in [3.63, 3.8) is 0 Å². The van der Waals surface area contributed by atoms with E-state index in [1.807, 2.05) is 6.92 Å². The molecule has 0 aromatic heterocycles. The number of nitrogens with one attached hydrogen (secondary N) is 1. The van der Waals surface area contributed by atoms with E-state index >= 15 is 0 Å². The van der Waals surface area contributed by atoms with Gasteiger partial charge in [0, 0.05) is 22.0 Å². The van der Waals surface area contributed by atoms with E-state index < -0.39 is 0 Å². The van der Waals surface area contributed by atoms with Crippen LogP contribution >= 0.6 is 27.5 Å². The Bertz CT molecular complexity index is 381. The SMILES string of the molecule is CCC(Br)CNC(=O)c1ccc(Cl)c(C)c1. The van der Waals surface area contributed by atoms with Crippen molar-refractivity contribution in [3.05, 3.63) is 34.3 Å². The predicted octanol–water partition coefficient (Wildman–Crippen LogP) is 3.55. The zero-order chi connectivity index (χ0) is 12.1. The summed E-state index contributed by atoms with van der Waals surface area (Å²) < 4.78 is 0. The van der Waals surface area contributed by atoms with Crippen molar-refractivity contribution in [2.45, 2.75) is 25.1 Å². The van der Waals surface area contributed by atoms with E-state index in [1.165, 1.54) is 0 Å². The lowest BCUT2D eigenvalue weighted by Gasteiger charge is -2.09. The van der Waals surface area contributed by atoms with E-state index in [4.69, 9.17) is 11.6 Å². The highest BCUT2D eigenvalue weighted by Gasteiger charge is 2.08. The maximum atomic E-state index is 11.8. The number of aryl methyl sites for hydroxylation is 1. The van der Waals surface area contributed by atoms with Crippen LogP contribution in [0, 0.1) is 6.92 Å². The molecule has 0 heterocycles. The number of benzene rings is 1. The second-order valence-corrected chi connectivity index (χ2v) is 5.38. The fourth-order valence-corrected chi connectivity index (χ4v) is 1.52. The number of rotatable bonds is 4. The average Bonchev–Trinajstić information content (AvgIpc) is 2.29. The van der Waals surface area contributed by atoms with Gasteiger partial charge >= 0.3 is 0 Å². The van der Waals surface area contributed by atoms with Crippen molar-refractivity contribution in [1.82, 2.24) is 5.32 Å². The summed E-state index contributed by atoms with van der Waals surface area (Å²) in [5.74, 6) is -0.0577. The van der Waals surface area contributed by atoms with Crippen molar-refractivity contribution >= 4 is 33.4 Å². The van der Waals surface area contributed by atoms with E-state index in [0.29, 0.717) is 22.0 Å². The van der Waals surface area contributed by atoms with Gasteiger partial charge in [-0.2, -0.15) is 0 Å². The lowest BCUT2D eigenvalue weighted by molar-refractivity contribution is 0.0954. The van der Waals surface area contributed by atoms with Gasteiger partial charge in [0.1, 0.15) is 0 Å². The first-order valence-electron chi connectivity index (χ1n) is 5.23. The predicted molar refractivity (Wildman–Crippen MR) is 71.5 cm³/mol. The molecule has 1 aromatic rings. The summed E-state index contributed by atoms with van der Waals surface area (Å²) in [6.07, 6.45) is 0.986. The third-order valence-electron chi connectivity index (χ3n) is 2.35. The first kappa shape index (κ1) is 13.5. The van der Waals surface area contributed by atoms with Gasteiger partial charge in [-0.15, -0.1) is 0 Å². The lowest BCUT2D eigenvalue weighted by atomic mass is 10.1. The zero-order valence-electron chi connectivity index (χ0n) is 9.39. The van der Waals surface area contributed by atoms with Gasteiger partial charge in [-0.3, -0.25) is 4.79 Å². The topological polar surface area (TPSA) is 29.1 Å². The van der Waals surface area contributed by atoms with Gasteiger partial charge in [0.05, 0.1) is 0 Å². The van der Waals surface area contributed by atoms with Crippen LogP contribution in [0.2, 0.25) is 5.02 Å². The molecule has 16 heavy (non-hydrogen) atoms. The van der Waals surface area contributed by atoms with E-state index in [9.17, 15) is 4.79 Å². The average molecular weight is 305 g/mol. The summed E-state index contributed by atoms with van der Waals surface area (Å²) in [5.41, 5.74) is 1.57. The lowest BCUT2D eigenvalue weighted by Crippen LogP contribution is -2.29. The number of hydrogen-bond acceptors (Lipinski definition) is 1. The Hall–Kier alpha value is -0.540. The molecule has 0 radical (unpaired) electrons. The third kappa shape index (κ3) is 3.80. The number of carbonyl (C=O) groups excluding carboxylic acids is 1. The summed E-state index contributed by atoms with van der Waals surface area (Å²) in [6, 6.07) is 5.28. The van der Waals surface area contributed by atoms with Crippen LogP contribution in [-0.4, -0.2) is 17.3 Å². The second-order valence-electron chi connectivity index (χ2n) is 3.68. The molecule has 1 unspecified atom stereocenters. The Labute approximate surface area is 110 Å². The number of alkyl halides is 1. The maximum Gasteiger partial charge on any atom is 0.251 e. The minimum Gasteiger partial charge on any atom is -0.351 e. The summed E-state index contributed by atoms with van der Waals surface area (Å²) in [7, 11) is 0. The second kappa shape index (κ2) is 6.26. The summed E-state index contributed by atoms with van der Waals surface area (Å²) in [5, 5.41) is 3.55. The fourth-order valence-electron chi connectivity index (χ4n) is 1.24. The molecule has 1 atom stereocenters. The molecule has 0 saturated heterocycles. The van der Waals surface area contributed by atoms with E-state index in [0.717, 1.165) is 12.0 Å². The van der Waals surface area contributed by atoms with Crippen LogP contribution in [0.1, 0.15) is 29.3 Å². The van der Waals surface area contributed by atoms with E-state index in [2.05, 4.69) is 28.2 Å². The quantitative estimate of drug-likeness (QED) is 0.847. The van der Waals surface area contributed by atoms with Crippen LogP contribution in [0.4, 0.5) is 0 Å². The molecule has 1 N–H and O–H groups in total. The minimum atomic E-state index is -0.0577. The molecule has 0 bridgehead atoms. The van der Waals surface area contributed by atoms with Gasteiger partial charge in [-0.25, -0.2) is 0 Å². The monoisotopic (exact) mass is 303 g/mol. The van der Waals surface area contributed by atoms with Crippen LogP contribution in [0.5, 0.6) is 0 Å². The zero-order valence-corrected chi connectivity index (χ0v) is 11.7. The highest BCUT2D eigenvalue weighted by molar-refractivity contribution is 9.09. The maximum absolute atomic E-state index is 11.8. The standard InChI is InChI=1S/C12H15BrClNO/c1-3-10(13)7-15-12(16)9-4-5-11(14)8(2)6-9/h4-6,10H,3,7H2,1-2H3,(H,15,16). The van der Waals surface area contributed by atoms with Crippen molar-refractivity contribution in [2.24, 2.45) is 0 Å². The molecule has 0 aliphatic carbocycles. The number of carbonyl (C=O) groups is 1. The molecular weight excluding hydrogens is 289 g/mol. The smallest absolute Gasteiger partial charge is 0.251 e. The highest BCUT2D eigenvalue weighted by atomic mass is 79.9.